The van der Waals surface area contributed by atoms with Gasteiger partial charge in [0.15, 0.2) is 0 Å². The number of likely N-dealkylation sites (N-methyl/N-ethyl adjacent to an activating group) is 1. The van der Waals surface area contributed by atoms with Gasteiger partial charge in [-0.25, -0.2) is 0 Å². The number of pyridine rings is 1. The van der Waals surface area contributed by atoms with E-state index >= 15 is 0 Å². The van der Waals surface area contributed by atoms with Crippen molar-refractivity contribution in [1.82, 2.24) is 14.4 Å². The molecule has 9 heteroatoms. The highest BCUT2D eigenvalue weighted by atomic mass is 32.2. The molecule has 3 heterocycles. The number of rotatable bonds is 8. The SMILES string of the molecule is CCCCC(CC)CN1C(=O)/C(=C\c2c(C)c(C#N)c(=O)n(C)c2N2CCN(C)CC2)SC1=S. The Hall–Kier alpha value is -2.15. The van der Waals surface area contributed by atoms with E-state index in [0.29, 0.717) is 27.3 Å². The van der Waals surface area contributed by atoms with Crippen molar-refractivity contribution in [3.63, 3.8) is 0 Å². The van der Waals surface area contributed by atoms with Crippen LogP contribution in [0.4, 0.5) is 5.82 Å². The van der Waals surface area contributed by atoms with Gasteiger partial charge in [0.25, 0.3) is 11.5 Å². The maximum Gasteiger partial charge on any atom is 0.270 e. The number of unbranched alkanes of at least 4 members (excludes halogenated alkanes) is 1. The summed E-state index contributed by atoms with van der Waals surface area (Å²) in [7, 11) is 3.79. The Balaban J connectivity index is 2.02. The second-order valence-corrected chi connectivity index (χ2v) is 10.9. The fourth-order valence-corrected chi connectivity index (χ4v) is 5.83. The number of thioether (sulfide) groups is 1. The summed E-state index contributed by atoms with van der Waals surface area (Å²) >= 11 is 6.91. The number of thiocarbonyl (C=S) groups is 1. The average molecular weight is 502 g/mol. The highest BCUT2D eigenvalue weighted by molar-refractivity contribution is 8.26. The van der Waals surface area contributed by atoms with E-state index in [-0.39, 0.29) is 17.0 Å². The molecule has 184 valence electrons. The van der Waals surface area contributed by atoms with Crippen LogP contribution in [0.2, 0.25) is 0 Å². The van der Waals surface area contributed by atoms with E-state index in [1.807, 2.05) is 6.08 Å². The first kappa shape index (κ1) is 26.5. The molecule has 0 bridgehead atoms. The molecular weight excluding hydrogens is 466 g/mol. The molecule has 1 aromatic rings. The van der Waals surface area contributed by atoms with Gasteiger partial charge in [-0.15, -0.1) is 0 Å². The average Bonchev–Trinajstić information content (AvgIpc) is 3.08. The zero-order valence-corrected chi connectivity index (χ0v) is 22.5. The lowest BCUT2D eigenvalue weighted by molar-refractivity contribution is -0.122. The number of aromatic nitrogens is 1. The summed E-state index contributed by atoms with van der Waals surface area (Å²) in [5.74, 6) is 1.10. The summed E-state index contributed by atoms with van der Waals surface area (Å²) in [6.45, 7) is 10.1. The fourth-order valence-electron chi connectivity index (χ4n) is 4.58. The number of amides is 1. The molecule has 0 aromatic carbocycles. The van der Waals surface area contributed by atoms with Gasteiger partial charge < -0.3 is 9.80 Å². The second kappa shape index (κ2) is 11.5. The maximum atomic E-state index is 13.4. The minimum absolute atomic E-state index is 0.0824. The molecule has 2 fully saturated rings. The van der Waals surface area contributed by atoms with Crippen LogP contribution in [-0.4, -0.2) is 64.4 Å². The third kappa shape index (κ3) is 5.40. The zero-order chi connectivity index (χ0) is 25.0. The highest BCUT2D eigenvalue weighted by Crippen LogP contribution is 2.36. The zero-order valence-electron chi connectivity index (χ0n) is 20.9. The van der Waals surface area contributed by atoms with Crippen LogP contribution >= 0.6 is 24.0 Å². The summed E-state index contributed by atoms with van der Waals surface area (Å²) in [6.07, 6.45) is 6.22. The van der Waals surface area contributed by atoms with Crippen LogP contribution in [0.15, 0.2) is 9.70 Å². The van der Waals surface area contributed by atoms with Crippen molar-refractivity contribution in [2.45, 2.75) is 46.5 Å². The van der Waals surface area contributed by atoms with Gasteiger partial charge in [-0.2, -0.15) is 5.26 Å². The van der Waals surface area contributed by atoms with Crippen molar-refractivity contribution in [2.24, 2.45) is 13.0 Å². The third-order valence-electron chi connectivity index (χ3n) is 6.90. The molecule has 1 unspecified atom stereocenters. The van der Waals surface area contributed by atoms with Gasteiger partial charge in [0.2, 0.25) is 0 Å². The molecule has 0 radical (unpaired) electrons. The highest BCUT2D eigenvalue weighted by Gasteiger charge is 2.34. The van der Waals surface area contributed by atoms with Gasteiger partial charge in [-0.1, -0.05) is 57.1 Å². The lowest BCUT2D eigenvalue weighted by Crippen LogP contribution is -2.46. The molecule has 2 saturated heterocycles. The number of anilines is 1. The van der Waals surface area contributed by atoms with Crippen LogP contribution in [0.1, 0.15) is 56.2 Å². The second-order valence-electron chi connectivity index (χ2n) is 9.21. The standard InChI is InChI=1S/C25H35N5O2S2/c1-6-8-9-18(7-2)16-30-24(32)21(34-25(30)33)14-19-17(3)20(15-26)23(31)28(5)22(19)29-12-10-27(4)11-13-29/h14,18H,6-13,16H2,1-5H3/b21-14+. The topological polar surface area (TPSA) is 72.6 Å². The molecule has 0 N–H and O–H groups in total. The van der Waals surface area contributed by atoms with Crippen molar-refractivity contribution >= 4 is 46.1 Å². The van der Waals surface area contributed by atoms with E-state index in [1.165, 1.54) is 11.8 Å². The molecule has 3 rings (SSSR count). The van der Waals surface area contributed by atoms with Crippen molar-refractivity contribution < 1.29 is 4.79 Å². The van der Waals surface area contributed by atoms with Crippen LogP contribution < -0.4 is 10.5 Å². The molecule has 1 aromatic heterocycles. The molecular formula is C25H35N5O2S2. The number of hydrogen-bond donors (Lipinski definition) is 0. The summed E-state index contributed by atoms with van der Waals surface area (Å²) in [5, 5.41) is 9.67. The fraction of sp³-hybridized carbons (Fsp3) is 0.600. The minimum atomic E-state index is -0.305. The summed E-state index contributed by atoms with van der Waals surface area (Å²) in [4.78, 5) is 33.0. The third-order valence-corrected chi connectivity index (χ3v) is 8.28. The van der Waals surface area contributed by atoms with Crippen LogP contribution in [0.25, 0.3) is 6.08 Å². The van der Waals surface area contributed by atoms with Gasteiger partial charge >= 0.3 is 0 Å². The Bertz CT molecular complexity index is 1080. The molecule has 0 saturated carbocycles. The van der Waals surface area contributed by atoms with Crippen LogP contribution in [0.3, 0.4) is 0 Å². The number of carbonyl (C=O) groups excluding carboxylic acids is 1. The first-order chi connectivity index (χ1) is 16.2. The van der Waals surface area contributed by atoms with Crippen LogP contribution in [-0.2, 0) is 11.8 Å². The van der Waals surface area contributed by atoms with Crippen LogP contribution in [0, 0.1) is 24.2 Å². The first-order valence-electron chi connectivity index (χ1n) is 12.1. The van der Waals surface area contributed by atoms with Crippen molar-refractivity contribution in [3.8, 4) is 6.07 Å². The van der Waals surface area contributed by atoms with Crippen molar-refractivity contribution in [2.75, 3.05) is 44.7 Å². The lowest BCUT2D eigenvalue weighted by atomic mass is 9.99. The number of nitrogens with zero attached hydrogens (tertiary/aromatic N) is 5. The van der Waals surface area contributed by atoms with Gasteiger partial charge in [-0.05, 0) is 37.9 Å². The Labute approximate surface area is 212 Å². The normalized spacial score (nSPS) is 19.2. The molecule has 34 heavy (non-hydrogen) atoms. The lowest BCUT2D eigenvalue weighted by Gasteiger charge is -2.36. The predicted octanol–water partition coefficient (Wildman–Crippen LogP) is 3.73. The molecule has 1 amide bonds. The van der Waals surface area contributed by atoms with Gasteiger partial charge in [-0.3, -0.25) is 19.1 Å². The Morgan fingerprint density at radius 1 is 1.18 bits per heavy atom. The Morgan fingerprint density at radius 3 is 2.44 bits per heavy atom. The van der Waals surface area contributed by atoms with E-state index in [0.717, 1.165) is 63.2 Å². The van der Waals surface area contributed by atoms with E-state index in [2.05, 4.69) is 36.8 Å². The molecule has 7 nitrogen and oxygen atoms in total. The molecule has 0 aliphatic carbocycles. The first-order valence-corrected chi connectivity index (χ1v) is 13.3. The van der Waals surface area contributed by atoms with Gasteiger partial charge in [0, 0.05) is 45.3 Å². The largest absolute Gasteiger partial charge is 0.355 e. The summed E-state index contributed by atoms with van der Waals surface area (Å²) in [6, 6.07) is 2.07. The number of piperazine rings is 1. The van der Waals surface area contributed by atoms with E-state index < -0.39 is 0 Å². The molecule has 1 atom stereocenters. The van der Waals surface area contributed by atoms with Gasteiger partial charge in [0.05, 0.1) is 4.91 Å². The Kier molecular flexibility index (Phi) is 8.96. The summed E-state index contributed by atoms with van der Waals surface area (Å²) < 4.78 is 2.14. The quantitative estimate of drug-likeness (QED) is 0.397. The predicted molar refractivity (Wildman–Crippen MR) is 144 cm³/mol. The monoisotopic (exact) mass is 501 g/mol. The van der Waals surface area contributed by atoms with Crippen molar-refractivity contribution in [1.29, 1.82) is 5.26 Å². The van der Waals surface area contributed by atoms with Crippen LogP contribution in [0.5, 0.6) is 0 Å². The van der Waals surface area contributed by atoms with E-state index in [9.17, 15) is 14.9 Å². The van der Waals surface area contributed by atoms with Gasteiger partial charge in [0.1, 0.15) is 21.8 Å². The minimum Gasteiger partial charge on any atom is -0.355 e. The number of nitriles is 1. The maximum absolute atomic E-state index is 13.4. The number of carbonyl (C=O) groups is 1. The van der Waals surface area contributed by atoms with Crippen molar-refractivity contribution in [3.05, 3.63) is 31.9 Å². The molecule has 0 spiro atoms. The van der Waals surface area contributed by atoms with E-state index in [1.54, 1.807) is 23.4 Å². The van der Waals surface area contributed by atoms with E-state index in [4.69, 9.17) is 12.2 Å². The Morgan fingerprint density at radius 2 is 1.85 bits per heavy atom. The number of hydrogen-bond acceptors (Lipinski definition) is 7. The molecule has 2 aliphatic rings. The summed E-state index contributed by atoms with van der Waals surface area (Å²) in [5.41, 5.74) is 1.17. The smallest absolute Gasteiger partial charge is 0.270 e. The molecule has 2 aliphatic heterocycles.